The fourth-order valence-electron chi connectivity index (χ4n) is 3.11. The molecular weight excluding hydrogens is 356 g/mol. The number of H-pyrrole nitrogens is 1. The summed E-state index contributed by atoms with van der Waals surface area (Å²) >= 11 is 0. The molecule has 0 fully saturated rings. The normalized spacial score (nSPS) is 10.7. The van der Waals surface area contributed by atoms with Crippen molar-refractivity contribution in [3.63, 3.8) is 0 Å². The number of hydrogen-bond donors (Lipinski definition) is 3. The van der Waals surface area contributed by atoms with Gasteiger partial charge in [-0.2, -0.15) is 0 Å². The van der Waals surface area contributed by atoms with E-state index in [2.05, 4.69) is 22.4 Å². The minimum absolute atomic E-state index is 0.0567. The van der Waals surface area contributed by atoms with Crippen LogP contribution in [0.4, 0.5) is 0 Å². The molecule has 0 aliphatic heterocycles. The molecule has 0 radical (unpaired) electrons. The van der Waals surface area contributed by atoms with Crippen LogP contribution in [0.5, 0.6) is 5.75 Å². The first-order valence-electron chi connectivity index (χ1n) is 9.37. The molecule has 0 atom stereocenters. The van der Waals surface area contributed by atoms with Crippen LogP contribution in [0.1, 0.15) is 24.0 Å². The molecule has 146 valence electrons. The number of para-hydroxylation sites is 1. The van der Waals surface area contributed by atoms with E-state index < -0.39 is 5.97 Å². The van der Waals surface area contributed by atoms with E-state index in [1.165, 1.54) is 10.9 Å². The van der Waals surface area contributed by atoms with Crippen LogP contribution in [0.3, 0.4) is 0 Å². The molecule has 0 saturated carbocycles. The Hall–Kier alpha value is -3.28. The van der Waals surface area contributed by atoms with Gasteiger partial charge in [-0.25, -0.2) is 4.79 Å². The second-order valence-corrected chi connectivity index (χ2v) is 6.64. The van der Waals surface area contributed by atoms with Crippen molar-refractivity contribution in [3.8, 4) is 5.75 Å². The number of carboxylic acids is 1. The summed E-state index contributed by atoms with van der Waals surface area (Å²) in [7, 11) is 0. The Balaban J connectivity index is 1.35. The first kappa shape index (κ1) is 19.5. The Labute approximate surface area is 163 Å². The molecule has 1 amide bonds. The number of carbonyl (C=O) groups is 2. The van der Waals surface area contributed by atoms with Crippen LogP contribution in [0.25, 0.3) is 10.9 Å². The van der Waals surface area contributed by atoms with Gasteiger partial charge in [-0.3, -0.25) is 4.79 Å². The van der Waals surface area contributed by atoms with Gasteiger partial charge in [0.15, 0.2) is 6.61 Å². The largest absolute Gasteiger partial charge is 0.482 e. The molecule has 0 spiro atoms. The molecule has 3 aromatic rings. The average molecular weight is 380 g/mol. The smallest absolute Gasteiger partial charge is 0.341 e. The molecule has 28 heavy (non-hydrogen) atoms. The molecule has 6 heteroatoms. The van der Waals surface area contributed by atoms with Crippen molar-refractivity contribution >= 4 is 22.8 Å². The molecule has 3 rings (SSSR count). The molecule has 0 aliphatic rings. The third kappa shape index (κ3) is 5.61. The van der Waals surface area contributed by atoms with Crippen molar-refractivity contribution < 1.29 is 19.4 Å². The van der Waals surface area contributed by atoms with Gasteiger partial charge >= 0.3 is 5.97 Å². The van der Waals surface area contributed by atoms with Gasteiger partial charge in [-0.1, -0.05) is 30.3 Å². The number of hydrogen-bond acceptors (Lipinski definition) is 3. The van der Waals surface area contributed by atoms with Crippen molar-refractivity contribution in [2.45, 2.75) is 25.7 Å². The number of fused-ring (bicyclic) bond motifs is 1. The van der Waals surface area contributed by atoms with E-state index in [0.717, 1.165) is 23.9 Å². The molecule has 0 bridgehead atoms. The van der Waals surface area contributed by atoms with Crippen molar-refractivity contribution in [2.24, 2.45) is 0 Å². The van der Waals surface area contributed by atoms with Crippen LogP contribution in [-0.2, 0) is 22.4 Å². The fraction of sp³-hybridized carbons (Fsp3) is 0.273. The lowest BCUT2D eigenvalue weighted by molar-refractivity contribution is -0.139. The number of amides is 1. The number of benzene rings is 2. The maximum atomic E-state index is 12.0. The Morgan fingerprint density at radius 1 is 1.04 bits per heavy atom. The standard InChI is InChI=1S/C22H24N2O4/c25-21(7-3-4-17-14-24-20-6-2-1-5-19(17)20)23-13-12-16-8-10-18(11-9-16)28-15-22(26)27/h1-2,5-6,8-11,14,24H,3-4,7,12-13,15H2,(H,23,25)(H,26,27). The van der Waals surface area contributed by atoms with E-state index in [4.69, 9.17) is 9.84 Å². The number of carbonyl (C=O) groups excluding carboxylic acids is 1. The van der Waals surface area contributed by atoms with Gasteiger partial charge in [0.2, 0.25) is 5.91 Å². The number of carboxylic acid groups (broad SMARTS) is 1. The van der Waals surface area contributed by atoms with Gasteiger partial charge in [0.05, 0.1) is 0 Å². The predicted octanol–water partition coefficient (Wildman–Crippen LogP) is 3.31. The number of rotatable bonds is 10. The summed E-state index contributed by atoms with van der Waals surface area (Å²) in [6.07, 6.45) is 4.92. The molecule has 2 aromatic carbocycles. The van der Waals surface area contributed by atoms with Crippen LogP contribution in [-0.4, -0.2) is 35.1 Å². The van der Waals surface area contributed by atoms with Gasteiger partial charge in [0.25, 0.3) is 0 Å². The molecule has 3 N–H and O–H groups in total. The molecule has 6 nitrogen and oxygen atoms in total. The SMILES string of the molecule is O=C(O)COc1ccc(CCNC(=O)CCCc2c[nH]c3ccccc23)cc1. The second kappa shape index (κ2) is 9.60. The van der Waals surface area contributed by atoms with Gasteiger partial charge in [0, 0.05) is 30.1 Å². The van der Waals surface area contributed by atoms with E-state index in [-0.39, 0.29) is 12.5 Å². The van der Waals surface area contributed by atoms with E-state index in [9.17, 15) is 9.59 Å². The van der Waals surface area contributed by atoms with Gasteiger partial charge in [-0.15, -0.1) is 0 Å². The lowest BCUT2D eigenvalue weighted by Crippen LogP contribution is -2.25. The van der Waals surface area contributed by atoms with E-state index in [0.29, 0.717) is 25.1 Å². The summed E-state index contributed by atoms with van der Waals surface area (Å²) in [6.45, 7) is 0.217. The van der Waals surface area contributed by atoms with Crippen molar-refractivity contribution in [2.75, 3.05) is 13.2 Å². The number of nitrogens with one attached hydrogen (secondary N) is 2. The maximum Gasteiger partial charge on any atom is 0.341 e. The zero-order chi connectivity index (χ0) is 19.8. The number of ether oxygens (including phenoxy) is 1. The van der Waals surface area contributed by atoms with Crippen molar-refractivity contribution in [1.82, 2.24) is 10.3 Å². The fourth-order valence-corrected chi connectivity index (χ4v) is 3.11. The third-order valence-electron chi connectivity index (χ3n) is 4.55. The third-order valence-corrected chi connectivity index (χ3v) is 4.55. The zero-order valence-corrected chi connectivity index (χ0v) is 15.6. The summed E-state index contributed by atoms with van der Waals surface area (Å²) in [5, 5.41) is 12.8. The Morgan fingerprint density at radius 2 is 1.82 bits per heavy atom. The van der Waals surface area contributed by atoms with Crippen molar-refractivity contribution in [1.29, 1.82) is 0 Å². The van der Waals surface area contributed by atoms with Crippen LogP contribution in [0.15, 0.2) is 54.7 Å². The van der Waals surface area contributed by atoms with Crippen LogP contribution in [0.2, 0.25) is 0 Å². The number of aryl methyl sites for hydroxylation is 1. The highest BCUT2D eigenvalue weighted by Crippen LogP contribution is 2.19. The highest BCUT2D eigenvalue weighted by Gasteiger charge is 2.06. The van der Waals surface area contributed by atoms with Crippen molar-refractivity contribution in [3.05, 3.63) is 65.9 Å². The van der Waals surface area contributed by atoms with E-state index >= 15 is 0 Å². The minimum atomic E-state index is -1.00. The monoisotopic (exact) mass is 380 g/mol. The molecule has 1 heterocycles. The molecule has 0 saturated heterocycles. The first-order chi connectivity index (χ1) is 13.6. The summed E-state index contributed by atoms with van der Waals surface area (Å²) in [5.74, 6) is -0.426. The Bertz CT molecular complexity index is 931. The molecule has 0 unspecified atom stereocenters. The topological polar surface area (TPSA) is 91.4 Å². The van der Waals surface area contributed by atoms with Crippen LogP contribution in [0, 0.1) is 0 Å². The molecule has 1 aromatic heterocycles. The highest BCUT2D eigenvalue weighted by molar-refractivity contribution is 5.83. The first-order valence-corrected chi connectivity index (χ1v) is 9.37. The number of aromatic nitrogens is 1. The van der Waals surface area contributed by atoms with E-state index in [1.807, 2.05) is 30.5 Å². The van der Waals surface area contributed by atoms with Gasteiger partial charge in [-0.05, 0) is 48.6 Å². The average Bonchev–Trinajstić information content (AvgIpc) is 3.11. The van der Waals surface area contributed by atoms with Crippen LogP contribution < -0.4 is 10.1 Å². The quantitative estimate of drug-likeness (QED) is 0.503. The number of aromatic amines is 1. The second-order valence-electron chi connectivity index (χ2n) is 6.64. The minimum Gasteiger partial charge on any atom is -0.482 e. The molecular formula is C22H24N2O4. The zero-order valence-electron chi connectivity index (χ0n) is 15.6. The summed E-state index contributed by atoms with van der Waals surface area (Å²) < 4.78 is 5.10. The Morgan fingerprint density at radius 3 is 2.61 bits per heavy atom. The summed E-state index contributed by atoms with van der Waals surface area (Å²) in [5.41, 5.74) is 3.43. The predicted molar refractivity (Wildman–Crippen MR) is 108 cm³/mol. The lowest BCUT2D eigenvalue weighted by atomic mass is 10.1. The lowest BCUT2D eigenvalue weighted by Gasteiger charge is -2.07. The van der Waals surface area contributed by atoms with Gasteiger partial charge < -0.3 is 20.1 Å². The summed E-state index contributed by atoms with van der Waals surface area (Å²) in [4.78, 5) is 25.8. The summed E-state index contributed by atoms with van der Waals surface area (Å²) in [6, 6.07) is 15.4. The molecule has 0 aliphatic carbocycles. The number of aliphatic carboxylic acids is 1. The Kier molecular flexibility index (Phi) is 6.68. The van der Waals surface area contributed by atoms with Gasteiger partial charge in [0.1, 0.15) is 5.75 Å². The van der Waals surface area contributed by atoms with E-state index in [1.54, 1.807) is 12.1 Å². The highest BCUT2D eigenvalue weighted by atomic mass is 16.5. The maximum absolute atomic E-state index is 12.0. The van der Waals surface area contributed by atoms with Crippen LogP contribution >= 0.6 is 0 Å².